The van der Waals surface area contributed by atoms with E-state index in [1.807, 2.05) is 0 Å². The SMILES string of the molecule is CCCCc1c[cH-]c(CCCC)c1.CCCCc1cc(CCCC)c(CCCC)[cH-]1.[Fe+2]. The van der Waals surface area contributed by atoms with Crippen molar-refractivity contribution < 1.29 is 17.1 Å². The third kappa shape index (κ3) is 13.4. The third-order valence-corrected chi connectivity index (χ3v) is 6.07. The van der Waals surface area contributed by atoms with Crippen LogP contribution in [0.3, 0.4) is 0 Å². The van der Waals surface area contributed by atoms with Gasteiger partial charge in [0, 0.05) is 0 Å². The Morgan fingerprint density at radius 1 is 0.581 bits per heavy atom. The van der Waals surface area contributed by atoms with Gasteiger partial charge in [0.05, 0.1) is 0 Å². The van der Waals surface area contributed by atoms with Gasteiger partial charge in [-0.2, -0.15) is 46.0 Å². The van der Waals surface area contributed by atoms with E-state index in [2.05, 4.69) is 65.0 Å². The fourth-order valence-electron chi connectivity index (χ4n) is 4.02. The Morgan fingerprint density at radius 2 is 1.10 bits per heavy atom. The van der Waals surface area contributed by atoms with Gasteiger partial charge in [-0.25, -0.2) is 12.1 Å². The molecule has 0 spiro atoms. The minimum Gasteiger partial charge on any atom is -0.207 e. The largest absolute Gasteiger partial charge is 2.00 e. The first-order valence-corrected chi connectivity index (χ1v) is 13.2. The zero-order valence-corrected chi connectivity index (χ0v) is 22.5. The zero-order chi connectivity index (χ0) is 22.0. The molecule has 0 bridgehead atoms. The zero-order valence-electron chi connectivity index (χ0n) is 21.3. The van der Waals surface area contributed by atoms with E-state index in [4.69, 9.17) is 0 Å². The average molecular weight is 467 g/mol. The molecule has 0 aliphatic carbocycles. The van der Waals surface area contributed by atoms with Crippen molar-refractivity contribution in [1.82, 2.24) is 0 Å². The standard InChI is InChI=1S/C17H29.C13H21.Fe/c1-4-7-10-15-13-16(11-8-5-2)17(14-15)12-9-6-3;1-3-5-7-12-9-10-13(11-12)8-6-4-2;/h13-14H,4-12H2,1-3H3;9-11H,3-8H2,1-2H3;/q2*-1;+2. The van der Waals surface area contributed by atoms with Crippen molar-refractivity contribution in [3.8, 4) is 0 Å². The van der Waals surface area contributed by atoms with Crippen LogP contribution in [0.4, 0.5) is 0 Å². The van der Waals surface area contributed by atoms with Gasteiger partial charge in [-0.1, -0.05) is 131 Å². The van der Waals surface area contributed by atoms with Crippen LogP contribution in [0.5, 0.6) is 0 Å². The van der Waals surface area contributed by atoms with Crippen LogP contribution in [0.1, 0.15) is 127 Å². The molecule has 0 aliphatic rings. The first kappa shape index (κ1) is 30.2. The number of aryl methyl sites for hydroxylation is 5. The van der Waals surface area contributed by atoms with Crippen molar-refractivity contribution in [2.75, 3.05) is 0 Å². The van der Waals surface area contributed by atoms with Gasteiger partial charge in [0.15, 0.2) is 0 Å². The summed E-state index contributed by atoms with van der Waals surface area (Å²) in [5.41, 5.74) is 7.95. The van der Waals surface area contributed by atoms with Crippen molar-refractivity contribution in [1.29, 1.82) is 0 Å². The van der Waals surface area contributed by atoms with E-state index in [0.29, 0.717) is 0 Å². The van der Waals surface area contributed by atoms with Gasteiger partial charge in [-0.15, -0.1) is 0 Å². The smallest absolute Gasteiger partial charge is 0.207 e. The van der Waals surface area contributed by atoms with Crippen molar-refractivity contribution in [3.63, 3.8) is 0 Å². The molecule has 0 aromatic heterocycles. The first-order valence-electron chi connectivity index (χ1n) is 13.2. The second-order valence-electron chi connectivity index (χ2n) is 9.06. The molecule has 2 rings (SSSR count). The molecule has 2 aromatic rings. The third-order valence-electron chi connectivity index (χ3n) is 6.07. The quantitative estimate of drug-likeness (QED) is 0.181. The van der Waals surface area contributed by atoms with E-state index in [9.17, 15) is 0 Å². The van der Waals surface area contributed by atoms with Crippen molar-refractivity contribution in [2.24, 2.45) is 0 Å². The van der Waals surface area contributed by atoms with Gasteiger partial charge < -0.3 is 0 Å². The van der Waals surface area contributed by atoms with Gasteiger partial charge in [-0.3, -0.25) is 0 Å². The molecule has 0 amide bonds. The van der Waals surface area contributed by atoms with E-state index in [-0.39, 0.29) is 17.1 Å². The second kappa shape index (κ2) is 19.9. The van der Waals surface area contributed by atoms with Crippen LogP contribution in [-0.4, -0.2) is 0 Å². The summed E-state index contributed by atoms with van der Waals surface area (Å²) >= 11 is 0. The van der Waals surface area contributed by atoms with E-state index in [1.54, 1.807) is 16.7 Å². The molecule has 0 atom stereocenters. The maximum atomic E-state index is 2.48. The molecule has 31 heavy (non-hydrogen) atoms. The summed E-state index contributed by atoms with van der Waals surface area (Å²) in [7, 11) is 0. The molecule has 0 saturated heterocycles. The molecule has 0 saturated carbocycles. The van der Waals surface area contributed by atoms with Crippen LogP contribution < -0.4 is 0 Å². The Kier molecular flexibility index (Phi) is 19.4. The van der Waals surface area contributed by atoms with E-state index in [1.165, 1.54) is 107 Å². The van der Waals surface area contributed by atoms with Crippen molar-refractivity contribution >= 4 is 0 Å². The van der Waals surface area contributed by atoms with Crippen LogP contribution in [0.25, 0.3) is 0 Å². The summed E-state index contributed by atoms with van der Waals surface area (Å²) in [5.74, 6) is 0. The average Bonchev–Trinajstić information content (AvgIpc) is 3.38. The van der Waals surface area contributed by atoms with E-state index in [0.717, 1.165) is 0 Å². The summed E-state index contributed by atoms with van der Waals surface area (Å²) in [6.07, 6.45) is 19.6. The Morgan fingerprint density at radius 3 is 1.71 bits per heavy atom. The summed E-state index contributed by atoms with van der Waals surface area (Å²) in [6.45, 7) is 11.3. The predicted molar refractivity (Wildman–Crippen MR) is 137 cm³/mol. The molecular formula is C30H50Fe. The Hall–Kier alpha value is -0.781. The minimum atomic E-state index is 0. The first-order chi connectivity index (χ1) is 14.7. The summed E-state index contributed by atoms with van der Waals surface area (Å²) < 4.78 is 0. The maximum Gasteiger partial charge on any atom is 2.00 e. The Labute approximate surface area is 205 Å². The summed E-state index contributed by atoms with van der Waals surface area (Å²) in [4.78, 5) is 0. The normalized spacial score (nSPS) is 10.5. The van der Waals surface area contributed by atoms with Gasteiger partial charge in [0.25, 0.3) is 0 Å². The monoisotopic (exact) mass is 466 g/mol. The molecule has 1 heteroatoms. The molecule has 0 aliphatic heterocycles. The molecule has 0 nitrogen and oxygen atoms in total. The molecule has 0 unspecified atom stereocenters. The second-order valence-corrected chi connectivity index (χ2v) is 9.06. The molecule has 0 radical (unpaired) electrons. The summed E-state index contributed by atoms with van der Waals surface area (Å²) in [5, 5.41) is 0. The van der Waals surface area contributed by atoms with Crippen LogP contribution in [0.15, 0.2) is 30.3 Å². The minimum absolute atomic E-state index is 0. The fraction of sp³-hybridized carbons (Fsp3) is 0.667. The Balaban J connectivity index is 0.000000581. The number of hydrogen-bond acceptors (Lipinski definition) is 0. The molecule has 0 fully saturated rings. The maximum absolute atomic E-state index is 2.48. The van der Waals surface area contributed by atoms with Crippen molar-refractivity contribution in [3.05, 3.63) is 58.1 Å². The Bertz CT molecular complexity index is 583. The van der Waals surface area contributed by atoms with Crippen LogP contribution in [0.2, 0.25) is 0 Å². The van der Waals surface area contributed by atoms with Crippen LogP contribution in [-0.2, 0) is 49.2 Å². The molecule has 2 aromatic carbocycles. The predicted octanol–water partition coefficient (Wildman–Crippen LogP) is 9.52. The number of unbranched alkanes of at least 4 members (excludes halogenated alkanes) is 5. The van der Waals surface area contributed by atoms with Crippen molar-refractivity contribution in [2.45, 2.75) is 131 Å². The molecular weight excluding hydrogens is 416 g/mol. The topological polar surface area (TPSA) is 0 Å². The van der Waals surface area contributed by atoms with Crippen LogP contribution >= 0.6 is 0 Å². The van der Waals surface area contributed by atoms with Gasteiger partial charge in [-0.05, 0) is 0 Å². The van der Waals surface area contributed by atoms with E-state index < -0.39 is 0 Å². The van der Waals surface area contributed by atoms with Gasteiger partial charge >= 0.3 is 17.1 Å². The molecule has 178 valence electrons. The number of hydrogen-bond donors (Lipinski definition) is 0. The van der Waals surface area contributed by atoms with Crippen LogP contribution in [0, 0.1) is 0 Å². The fourth-order valence-corrected chi connectivity index (χ4v) is 4.02. The van der Waals surface area contributed by atoms with E-state index >= 15 is 0 Å². The summed E-state index contributed by atoms with van der Waals surface area (Å²) in [6, 6.07) is 11.9. The molecule has 0 heterocycles. The molecule has 0 N–H and O–H groups in total. The van der Waals surface area contributed by atoms with Gasteiger partial charge in [0.1, 0.15) is 0 Å². The number of rotatable bonds is 15. The van der Waals surface area contributed by atoms with Gasteiger partial charge in [0.2, 0.25) is 0 Å².